The van der Waals surface area contributed by atoms with Gasteiger partial charge in [0.25, 0.3) is 5.24 Å². The van der Waals surface area contributed by atoms with Crippen LogP contribution in [0.1, 0.15) is 12.8 Å². The average Bonchev–Trinajstić information content (AvgIpc) is 3.07. The maximum absolute atomic E-state index is 12.4. The Morgan fingerprint density at radius 3 is 2.55 bits per heavy atom. The number of carbonyl (C=O) groups excluding carboxylic acids is 3. The molecule has 0 aromatic heterocycles. The molecule has 0 aromatic rings. The maximum atomic E-state index is 12.4. The summed E-state index contributed by atoms with van der Waals surface area (Å²) < 4.78 is 0. The van der Waals surface area contributed by atoms with Gasteiger partial charge in [-0.15, -0.1) is 0 Å². The van der Waals surface area contributed by atoms with Crippen LogP contribution < -0.4 is 0 Å². The molecule has 0 radical (unpaired) electrons. The van der Waals surface area contributed by atoms with E-state index < -0.39 is 0 Å². The SMILES string of the molecule is O=C(C1CC2C=CC1C2)N1CC(N2C(=O)CSC2=O)C1. The molecule has 4 rings (SSSR count). The van der Waals surface area contributed by atoms with Gasteiger partial charge in [0.15, 0.2) is 0 Å². The molecule has 6 heteroatoms. The highest BCUT2D eigenvalue weighted by molar-refractivity contribution is 8.14. The van der Waals surface area contributed by atoms with Gasteiger partial charge in [-0.25, -0.2) is 0 Å². The molecule has 3 fully saturated rings. The minimum absolute atomic E-state index is 0.0944. The van der Waals surface area contributed by atoms with Crippen molar-refractivity contribution in [1.29, 1.82) is 0 Å². The molecule has 4 aliphatic rings. The van der Waals surface area contributed by atoms with E-state index in [2.05, 4.69) is 12.2 Å². The van der Waals surface area contributed by atoms with Crippen LogP contribution in [0.25, 0.3) is 0 Å². The predicted octanol–water partition coefficient (Wildman–Crippen LogP) is 1.10. The van der Waals surface area contributed by atoms with E-state index in [1.807, 2.05) is 4.90 Å². The fraction of sp³-hybridized carbons (Fsp3) is 0.643. The highest BCUT2D eigenvalue weighted by atomic mass is 32.2. The molecule has 2 aliphatic carbocycles. The van der Waals surface area contributed by atoms with Gasteiger partial charge in [-0.1, -0.05) is 23.9 Å². The number of thioether (sulfide) groups is 1. The summed E-state index contributed by atoms with van der Waals surface area (Å²) in [6, 6.07) is -0.0944. The Labute approximate surface area is 121 Å². The van der Waals surface area contributed by atoms with Crippen LogP contribution >= 0.6 is 11.8 Å². The van der Waals surface area contributed by atoms with Gasteiger partial charge in [-0.05, 0) is 24.7 Å². The zero-order valence-electron chi connectivity index (χ0n) is 11.0. The van der Waals surface area contributed by atoms with Gasteiger partial charge in [0.1, 0.15) is 0 Å². The quantitative estimate of drug-likeness (QED) is 0.715. The molecule has 3 amide bonds. The van der Waals surface area contributed by atoms with E-state index in [-0.39, 0.29) is 34.8 Å². The number of hydrogen-bond acceptors (Lipinski definition) is 4. The van der Waals surface area contributed by atoms with Gasteiger partial charge in [0.05, 0.1) is 11.8 Å². The summed E-state index contributed by atoms with van der Waals surface area (Å²) in [5.74, 6) is 1.48. The van der Waals surface area contributed by atoms with Crippen LogP contribution in [0, 0.1) is 17.8 Å². The van der Waals surface area contributed by atoms with Crippen LogP contribution in [-0.4, -0.2) is 51.7 Å². The molecule has 0 spiro atoms. The second kappa shape index (κ2) is 4.35. The molecule has 106 valence electrons. The van der Waals surface area contributed by atoms with Crippen molar-refractivity contribution >= 4 is 28.8 Å². The topological polar surface area (TPSA) is 57.7 Å². The lowest BCUT2D eigenvalue weighted by Crippen LogP contribution is -2.63. The first-order valence-corrected chi connectivity index (χ1v) is 8.08. The maximum Gasteiger partial charge on any atom is 0.289 e. The van der Waals surface area contributed by atoms with Gasteiger partial charge in [-0.3, -0.25) is 19.3 Å². The Kier molecular flexibility index (Phi) is 2.70. The van der Waals surface area contributed by atoms with Crippen LogP contribution in [0.2, 0.25) is 0 Å². The van der Waals surface area contributed by atoms with Crippen LogP contribution in [0.15, 0.2) is 12.2 Å². The van der Waals surface area contributed by atoms with Gasteiger partial charge in [0.2, 0.25) is 11.8 Å². The Morgan fingerprint density at radius 2 is 2.00 bits per heavy atom. The fourth-order valence-corrected chi connectivity index (χ4v) is 4.59. The number of likely N-dealkylation sites (tertiary alicyclic amines) is 1. The van der Waals surface area contributed by atoms with E-state index in [0.717, 1.165) is 24.6 Å². The highest BCUT2D eigenvalue weighted by Crippen LogP contribution is 2.44. The third kappa shape index (κ3) is 1.74. The smallest absolute Gasteiger partial charge is 0.289 e. The van der Waals surface area contributed by atoms with Crippen LogP contribution in [0.5, 0.6) is 0 Å². The summed E-state index contributed by atoms with van der Waals surface area (Å²) >= 11 is 1.06. The van der Waals surface area contributed by atoms with Gasteiger partial charge < -0.3 is 4.90 Å². The fourth-order valence-electron chi connectivity index (χ4n) is 3.81. The second-order valence-electron chi connectivity index (χ2n) is 6.10. The van der Waals surface area contributed by atoms with E-state index in [1.54, 1.807) is 0 Å². The number of nitrogens with zero attached hydrogens (tertiary/aromatic N) is 2. The zero-order chi connectivity index (χ0) is 13.9. The van der Waals surface area contributed by atoms with Crippen molar-refractivity contribution in [2.45, 2.75) is 18.9 Å². The first-order chi connectivity index (χ1) is 9.63. The Hall–Kier alpha value is -1.30. The lowest BCUT2D eigenvalue weighted by molar-refractivity contribution is -0.146. The molecule has 2 heterocycles. The molecule has 0 N–H and O–H groups in total. The molecule has 5 nitrogen and oxygen atoms in total. The monoisotopic (exact) mass is 292 g/mol. The number of rotatable bonds is 2. The Morgan fingerprint density at radius 1 is 1.20 bits per heavy atom. The zero-order valence-corrected chi connectivity index (χ0v) is 11.8. The molecule has 3 unspecified atom stereocenters. The summed E-state index contributed by atoms with van der Waals surface area (Å²) in [5, 5.41) is -0.157. The van der Waals surface area contributed by atoms with E-state index in [9.17, 15) is 14.4 Å². The molecule has 20 heavy (non-hydrogen) atoms. The number of carbonyl (C=O) groups is 3. The van der Waals surface area contributed by atoms with Crippen LogP contribution in [0.4, 0.5) is 4.79 Å². The molecule has 2 aliphatic heterocycles. The van der Waals surface area contributed by atoms with E-state index in [4.69, 9.17) is 0 Å². The molecule has 3 atom stereocenters. The van der Waals surface area contributed by atoms with E-state index in [1.165, 1.54) is 4.90 Å². The van der Waals surface area contributed by atoms with Crippen molar-refractivity contribution in [3.8, 4) is 0 Å². The van der Waals surface area contributed by atoms with Crippen molar-refractivity contribution in [3.05, 3.63) is 12.2 Å². The Balaban J connectivity index is 1.37. The summed E-state index contributed by atoms with van der Waals surface area (Å²) in [6.07, 6.45) is 6.50. The second-order valence-corrected chi connectivity index (χ2v) is 7.03. The van der Waals surface area contributed by atoms with Crippen LogP contribution in [0.3, 0.4) is 0 Å². The van der Waals surface area contributed by atoms with Gasteiger partial charge >= 0.3 is 0 Å². The lowest BCUT2D eigenvalue weighted by Gasteiger charge is -2.44. The Bertz CT molecular complexity index is 511. The third-order valence-electron chi connectivity index (χ3n) is 4.92. The molecular formula is C14H16N2O3S. The van der Waals surface area contributed by atoms with Gasteiger partial charge in [0, 0.05) is 19.0 Å². The highest BCUT2D eigenvalue weighted by Gasteiger charge is 2.47. The van der Waals surface area contributed by atoms with Crippen molar-refractivity contribution in [3.63, 3.8) is 0 Å². The number of amides is 3. The number of fused-ring (bicyclic) bond motifs is 2. The first-order valence-electron chi connectivity index (χ1n) is 7.09. The molecule has 2 bridgehead atoms. The standard InChI is InChI=1S/C14H16N2O3S/c17-12-7-20-14(19)16(12)10-5-15(6-10)13(18)11-4-8-1-2-9(11)3-8/h1-2,8-11H,3-7H2. The van der Waals surface area contributed by atoms with Crippen molar-refractivity contribution in [2.75, 3.05) is 18.8 Å². The number of hydrogen-bond donors (Lipinski definition) is 0. The summed E-state index contributed by atoms with van der Waals surface area (Å²) in [4.78, 5) is 38.8. The third-order valence-corrected chi connectivity index (χ3v) is 5.75. The molecule has 2 saturated heterocycles. The first kappa shape index (κ1) is 12.4. The average molecular weight is 292 g/mol. The summed E-state index contributed by atoms with van der Waals surface area (Å²) in [6.45, 7) is 1.04. The van der Waals surface area contributed by atoms with Crippen molar-refractivity contribution < 1.29 is 14.4 Å². The van der Waals surface area contributed by atoms with Gasteiger partial charge in [-0.2, -0.15) is 0 Å². The largest absolute Gasteiger partial charge is 0.338 e. The van der Waals surface area contributed by atoms with Crippen molar-refractivity contribution in [2.24, 2.45) is 17.8 Å². The molecule has 1 saturated carbocycles. The molecule has 0 aromatic carbocycles. The minimum atomic E-state index is -0.157. The summed E-state index contributed by atoms with van der Waals surface area (Å²) in [7, 11) is 0. The lowest BCUT2D eigenvalue weighted by atomic mass is 9.90. The minimum Gasteiger partial charge on any atom is -0.338 e. The number of imide groups is 1. The predicted molar refractivity (Wildman–Crippen MR) is 73.9 cm³/mol. The molecular weight excluding hydrogens is 276 g/mol. The number of allylic oxidation sites excluding steroid dienone is 2. The van der Waals surface area contributed by atoms with Crippen LogP contribution in [-0.2, 0) is 9.59 Å². The normalized spacial score (nSPS) is 36.1. The van der Waals surface area contributed by atoms with E-state index >= 15 is 0 Å². The van der Waals surface area contributed by atoms with Crippen molar-refractivity contribution in [1.82, 2.24) is 9.80 Å². The van der Waals surface area contributed by atoms with E-state index in [0.29, 0.717) is 24.9 Å². The summed E-state index contributed by atoms with van der Waals surface area (Å²) in [5.41, 5.74) is 0.